The number of aromatic nitrogens is 1. The van der Waals surface area contributed by atoms with E-state index < -0.39 is 10.8 Å². The molecule has 1 N–H and O–H groups in total. The highest BCUT2D eigenvalue weighted by molar-refractivity contribution is 7.86. The van der Waals surface area contributed by atoms with Crippen molar-refractivity contribution in [3.05, 3.63) is 51.3 Å². The minimum absolute atomic E-state index is 0.0247. The number of H-pyrrole nitrogens is 1. The first-order valence-corrected chi connectivity index (χ1v) is 9.62. The predicted molar refractivity (Wildman–Crippen MR) is 96.8 cm³/mol. The monoisotopic (exact) mass is 349 g/mol. The molecule has 1 heterocycles. The number of hydrogen-bond donors (Lipinski definition) is 1. The molecule has 1 aromatic heterocycles. The van der Waals surface area contributed by atoms with E-state index in [4.69, 9.17) is 11.6 Å². The molecule has 0 spiro atoms. The summed E-state index contributed by atoms with van der Waals surface area (Å²) >= 11 is 6.15. The maximum absolute atomic E-state index is 13.2. The molecule has 0 bridgehead atoms. The van der Waals surface area contributed by atoms with Gasteiger partial charge < -0.3 is 4.98 Å². The van der Waals surface area contributed by atoms with Crippen molar-refractivity contribution in [2.75, 3.05) is 0 Å². The van der Waals surface area contributed by atoms with Crippen molar-refractivity contribution in [1.82, 2.24) is 4.98 Å². The maximum Gasteiger partial charge on any atom is 0.252 e. The molecule has 5 heteroatoms. The second kappa shape index (κ2) is 7.02. The van der Waals surface area contributed by atoms with Gasteiger partial charge in [-0.15, -0.1) is 0 Å². The van der Waals surface area contributed by atoms with Gasteiger partial charge in [-0.2, -0.15) is 0 Å². The number of hydrogen-bond acceptors (Lipinski definition) is 2. The van der Waals surface area contributed by atoms with Crippen LogP contribution in [0.5, 0.6) is 0 Å². The molecule has 3 nitrogen and oxygen atoms in total. The number of benzene rings is 1. The Morgan fingerprint density at radius 1 is 1.39 bits per heavy atom. The van der Waals surface area contributed by atoms with Gasteiger partial charge in [0.15, 0.2) is 0 Å². The Hall–Kier alpha value is -1.39. The van der Waals surface area contributed by atoms with Crippen LogP contribution in [0.15, 0.2) is 40.0 Å². The van der Waals surface area contributed by atoms with Gasteiger partial charge in [-0.25, -0.2) is 0 Å². The minimum Gasteiger partial charge on any atom is -0.322 e. The summed E-state index contributed by atoms with van der Waals surface area (Å²) in [5.41, 5.74) is 1.20. The van der Waals surface area contributed by atoms with Crippen LogP contribution in [0.2, 0.25) is 5.02 Å². The third-order valence-corrected chi connectivity index (χ3v) is 6.26. The molecule has 0 amide bonds. The molecular formula is C18H20ClNO2S. The molecule has 0 unspecified atom stereocenters. The topological polar surface area (TPSA) is 49.9 Å². The van der Waals surface area contributed by atoms with E-state index in [9.17, 15) is 9.00 Å². The van der Waals surface area contributed by atoms with Crippen molar-refractivity contribution in [3.8, 4) is 0 Å². The maximum atomic E-state index is 13.2. The zero-order valence-corrected chi connectivity index (χ0v) is 14.7. The molecular weight excluding hydrogens is 330 g/mol. The Morgan fingerprint density at radius 2 is 2.22 bits per heavy atom. The lowest BCUT2D eigenvalue weighted by atomic mass is 10.1. The van der Waals surface area contributed by atoms with E-state index in [2.05, 4.69) is 11.1 Å². The standard InChI is InChI=1S/C18H20ClNO2S/c1-2-6-14-17(23(22)13-7-4-3-5-8-13)15-11-12(19)9-10-16(15)20-18(14)21/h4,7,9-11,13H,2-3,5-6,8H2,1H3,(H,20,21)/t13-,23+/m0/s1. The van der Waals surface area contributed by atoms with Crippen molar-refractivity contribution < 1.29 is 4.21 Å². The van der Waals surface area contributed by atoms with E-state index >= 15 is 0 Å². The lowest BCUT2D eigenvalue weighted by molar-refractivity contribution is 0.659. The first-order valence-electron chi connectivity index (χ1n) is 8.03. The molecule has 0 radical (unpaired) electrons. The van der Waals surface area contributed by atoms with Gasteiger partial charge in [0.05, 0.1) is 20.9 Å². The van der Waals surface area contributed by atoms with Crippen LogP contribution in [0.4, 0.5) is 0 Å². The second-order valence-electron chi connectivity index (χ2n) is 5.90. The average molecular weight is 350 g/mol. The third kappa shape index (κ3) is 3.29. The number of halogens is 1. The van der Waals surface area contributed by atoms with Crippen LogP contribution in [0.25, 0.3) is 10.9 Å². The fraction of sp³-hybridized carbons (Fsp3) is 0.389. The highest BCUT2D eigenvalue weighted by Gasteiger charge is 2.24. The number of allylic oxidation sites excluding steroid dienone is 1. The van der Waals surface area contributed by atoms with Gasteiger partial charge in [-0.3, -0.25) is 9.00 Å². The fourth-order valence-electron chi connectivity index (χ4n) is 3.09. The molecule has 3 rings (SSSR count). The van der Waals surface area contributed by atoms with Gasteiger partial charge >= 0.3 is 0 Å². The van der Waals surface area contributed by atoms with E-state index in [1.807, 2.05) is 19.1 Å². The molecule has 0 saturated heterocycles. The summed E-state index contributed by atoms with van der Waals surface area (Å²) in [6.07, 6.45) is 8.55. The average Bonchev–Trinajstić information content (AvgIpc) is 2.56. The Labute approximate surface area is 143 Å². The van der Waals surface area contributed by atoms with E-state index in [0.29, 0.717) is 27.4 Å². The number of rotatable bonds is 4. The quantitative estimate of drug-likeness (QED) is 0.834. The van der Waals surface area contributed by atoms with Crippen LogP contribution in [0.3, 0.4) is 0 Å². The molecule has 122 valence electrons. The Morgan fingerprint density at radius 3 is 2.91 bits per heavy atom. The minimum atomic E-state index is -1.24. The lowest BCUT2D eigenvalue weighted by Crippen LogP contribution is -2.22. The highest BCUT2D eigenvalue weighted by Crippen LogP contribution is 2.30. The van der Waals surface area contributed by atoms with Crippen molar-refractivity contribution >= 4 is 33.3 Å². The van der Waals surface area contributed by atoms with E-state index in [1.54, 1.807) is 12.1 Å². The fourth-order valence-corrected chi connectivity index (χ4v) is 5.03. The molecule has 23 heavy (non-hydrogen) atoms. The molecule has 2 aromatic rings. The number of fused-ring (bicyclic) bond motifs is 1. The molecule has 0 saturated carbocycles. The van der Waals surface area contributed by atoms with Gasteiger partial charge in [0.25, 0.3) is 5.56 Å². The summed E-state index contributed by atoms with van der Waals surface area (Å²) in [6, 6.07) is 5.34. The number of nitrogens with one attached hydrogen (secondary N) is 1. The molecule has 1 aliphatic carbocycles. The first kappa shape index (κ1) is 16.5. The second-order valence-corrected chi connectivity index (χ2v) is 7.94. The number of pyridine rings is 1. The summed E-state index contributed by atoms with van der Waals surface area (Å²) in [7, 11) is -1.24. The normalized spacial score (nSPS) is 19.1. The smallest absolute Gasteiger partial charge is 0.252 e. The Kier molecular flexibility index (Phi) is 5.02. The van der Waals surface area contributed by atoms with Crippen LogP contribution in [-0.4, -0.2) is 14.4 Å². The van der Waals surface area contributed by atoms with Crippen LogP contribution < -0.4 is 5.56 Å². The number of aromatic amines is 1. The third-order valence-electron chi connectivity index (χ3n) is 4.21. The Bertz CT molecular complexity index is 841. The van der Waals surface area contributed by atoms with E-state index in [0.717, 1.165) is 31.1 Å². The summed E-state index contributed by atoms with van der Waals surface area (Å²) in [6.45, 7) is 2.02. The van der Waals surface area contributed by atoms with Crippen molar-refractivity contribution in [1.29, 1.82) is 0 Å². The van der Waals surface area contributed by atoms with Gasteiger partial charge in [-0.05, 0) is 43.9 Å². The molecule has 1 aromatic carbocycles. The zero-order chi connectivity index (χ0) is 16.4. The van der Waals surface area contributed by atoms with Crippen LogP contribution in [-0.2, 0) is 17.2 Å². The SMILES string of the molecule is CCCc1c([S@](=O)[C@H]2C=CCCC2)c2cc(Cl)ccc2[nH]c1=O. The molecule has 0 fully saturated rings. The largest absolute Gasteiger partial charge is 0.322 e. The van der Waals surface area contributed by atoms with Crippen molar-refractivity contribution in [3.63, 3.8) is 0 Å². The van der Waals surface area contributed by atoms with Gasteiger partial charge in [0.1, 0.15) is 0 Å². The lowest BCUT2D eigenvalue weighted by Gasteiger charge is -2.19. The summed E-state index contributed by atoms with van der Waals surface area (Å²) in [4.78, 5) is 16.0. The summed E-state index contributed by atoms with van der Waals surface area (Å²) < 4.78 is 13.2. The van der Waals surface area contributed by atoms with Crippen molar-refractivity contribution in [2.24, 2.45) is 0 Å². The van der Waals surface area contributed by atoms with Gasteiger partial charge in [0.2, 0.25) is 0 Å². The van der Waals surface area contributed by atoms with E-state index in [-0.39, 0.29) is 10.8 Å². The zero-order valence-electron chi connectivity index (χ0n) is 13.1. The molecule has 0 aliphatic heterocycles. The summed E-state index contributed by atoms with van der Waals surface area (Å²) in [5, 5.41) is 1.37. The van der Waals surface area contributed by atoms with Crippen LogP contribution in [0, 0.1) is 0 Å². The first-order chi connectivity index (χ1) is 11.1. The van der Waals surface area contributed by atoms with Crippen molar-refractivity contribution in [2.45, 2.75) is 49.2 Å². The Balaban J connectivity index is 2.25. The van der Waals surface area contributed by atoms with Crippen LogP contribution >= 0.6 is 11.6 Å². The predicted octanol–water partition coefficient (Wildman–Crippen LogP) is 4.35. The highest BCUT2D eigenvalue weighted by atomic mass is 35.5. The van der Waals surface area contributed by atoms with Crippen LogP contribution in [0.1, 0.15) is 38.2 Å². The van der Waals surface area contributed by atoms with Gasteiger partial charge in [0, 0.05) is 21.5 Å². The summed E-state index contributed by atoms with van der Waals surface area (Å²) in [5.74, 6) is 0. The molecule has 1 aliphatic rings. The van der Waals surface area contributed by atoms with E-state index in [1.165, 1.54) is 0 Å². The van der Waals surface area contributed by atoms with Gasteiger partial charge in [-0.1, -0.05) is 37.1 Å². The molecule has 2 atom stereocenters.